The van der Waals surface area contributed by atoms with Crippen LogP contribution in [-0.4, -0.2) is 41.9 Å². The monoisotopic (exact) mass is 433 g/mol. The first-order valence-electron chi connectivity index (χ1n) is 10.4. The van der Waals surface area contributed by atoms with E-state index in [9.17, 15) is 19.2 Å². The molecule has 4 amide bonds. The van der Waals surface area contributed by atoms with Crippen LogP contribution in [0, 0.1) is 0 Å². The minimum Gasteiger partial charge on any atom is -0.463 e. The number of aryl methyl sites for hydroxylation is 1. The van der Waals surface area contributed by atoms with E-state index >= 15 is 0 Å². The number of carbonyl (C=O) groups is 4. The molecule has 2 aliphatic rings. The van der Waals surface area contributed by atoms with Gasteiger partial charge in [-0.25, -0.2) is 9.59 Å². The molecular weight excluding hydrogens is 410 g/mol. The minimum absolute atomic E-state index is 0.305. The van der Waals surface area contributed by atoms with Crippen LogP contribution in [0.4, 0.5) is 10.5 Å². The molecule has 1 atom stereocenters. The van der Waals surface area contributed by atoms with Gasteiger partial charge in [0.15, 0.2) is 0 Å². The Morgan fingerprint density at radius 2 is 1.91 bits per heavy atom. The number of carbonyl (C=O) groups excluding carboxylic acids is 4. The lowest BCUT2D eigenvalue weighted by atomic mass is 9.92. The van der Waals surface area contributed by atoms with Gasteiger partial charge in [0.25, 0.3) is 5.91 Å². The Hall–Kier alpha value is -3.94. The summed E-state index contributed by atoms with van der Waals surface area (Å²) in [5.74, 6) is -1.31. The number of urea groups is 1. The Morgan fingerprint density at radius 3 is 2.66 bits per heavy atom. The molecule has 0 radical (unpaired) electrons. The Bertz CT molecular complexity index is 1110. The van der Waals surface area contributed by atoms with Gasteiger partial charge < -0.3 is 15.4 Å². The predicted molar refractivity (Wildman–Crippen MR) is 117 cm³/mol. The van der Waals surface area contributed by atoms with Crippen LogP contribution in [0.2, 0.25) is 0 Å². The number of nitrogens with one attached hydrogen (secondary N) is 2. The normalized spacial score (nSPS) is 19.3. The van der Waals surface area contributed by atoms with Gasteiger partial charge in [0.05, 0.1) is 6.61 Å². The van der Waals surface area contributed by atoms with Crippen molar-refractivity contribution >= 4 is 35.6 Å². The molecule has 1 unspecified atom stereocenters. The molecule has 2 aromatic rings. The molecular formula is C24H23N3O5. The highest BCUT2D eigenvalue weighted by Gasteiger charge is 2.55. The summed E-state index contributed by atoms with van der Waals surface area (Å²) in [5.41, 5.74) is 2.02. The maximum atomic E-state index is 13.1. The first kappa shape index (κ1) is 21.3. The number of hydrogen-bond acceptors (Lipinski definition) is 5. The fourth-order valence-electron chi connectivity index (χ4n) is 4.11. The standard InChI is InChI=1S/C24H23N3O5/c1-2-32-21(29)12-9-16-7-10-18(11-8-16)25-20(28)15-27-22(30)24(26-23(27)31)14-13-17-5-3-4-6-19(17)24/h3-12H,2,13-15H2,1H3,(H,25,28)(H,26,31)/b12-9+. The molecule has 8 heteroatoms. The fraction of sp³-hybridized carbons (Fsp3) is 0.250. The summed E-state index contributed by atoms with van der Waals surface area (Å²) < 4.78 is 4.83. The van der Waals surface area contributed by atoms with E-state index in [0.29, 0.717) is 25.1 Å². The molecule has 1 fully saturated rings. The number of imide groups is 1. The van der Waals surface area contributed by atoms with Crippen LogP contribution in [-0.2, 0) is 31.1 Å². The molecule has 32 heavy (non-hydrogen) atoms. The molecule has 1 aliphatic heterocycles. The molecule has 8 nitrogen and oxygen atoms in total. The maximum Gasteiger partial charge on any atom is 0.330 e. The highest BCUT2D eigenvalue weighted by molar-refractivity contribution is 6.11. The Balaban J connectivity index is 1.39. The third kappa shape index (κ3) is 3.99. The number of benzene rings is 2. The largest absolute Gasteiger partial charge is 0.463 e. The van der Waals surface area contributed by atoms with Crippen LogP contribution in [0.25, 0.3) is 6.08 Å². The number of rotatable bonds is 6. The Kier molecular flexibility index (Phi) is 5.77. The summed E-state index contributed by atoms with van der Waals surface area (Å²) in [7, 11) is 0. The van der Waals surface area contributed by atoms with Crippen LogP contribution in [0.1, 0.15) is 30.0 Å². The second-order valence-corrected chi connectivity index (χ2v) is 7.64. The first-order chi connectivity index (χ1) is 15.4. The molecule has 1 saturated heterocycles. The van der Waals surface area contributed by atoms with Crippen molar-refractivity contribution in [2.45, 2.75) is 25.3 Å². The Morgan fingerprint density at radius 1 is 1.16 bits per heavy atom. The molecule has 1 spiro atoms. The van der Waals surface area contributed by atoms with Gasteiger partial charge in [0.2, 0.25) is 5.91 Å². The Labute approximate surface area is 185 Å². The van der Waals surface area contributed by atoms with Crippen molar-refractivity contribution in [1.82, 2.24) is 10.2 Å². The fourth-order valence-corrected chi connectivity index (χ4v) is 4.11. The van der Waals surface area contributed by atoms with Crippen molar-refractivity contribution in [2.75, 3.05) is 18.5 Å². The van der Waals surface area contributed by atoms with Crippen molar-refractivity contribution in [3.05, 3.63) is 71.3 Å². The number of ether oxygens (including phenoxy) is 1. The number of fused-ring (bicyclic) bond motifs is 2. The van der Waals surface area contributed by atoms with Crippen LogP contribution in [0.5, 0.6) is 0 Å². The molecule has 1 heterocycles. The summed E-state index contributed by atoms with van der Waals surface area (Å²) in [6, 6.07) is 13.8. The summed E-state index contributed by atoms with van der Waals surface area (Å²) in [6.45, 7) is 1.66. The molecule has 0 aromatic heterocycles. The second kappa shape index (κ2) is 8.66. The third-order valence-electron chi connectivity index (χ3n) is 5.62. The van der Waals surface area contributed by atoms with Gasteiger partial charge in [-0.3, -0.25) is 14.5 Å². The first-order valence-corrected chi connectivity index (χ1v) is 10.4. The van der Waals surface area contributed by atoms with E-state index in [1.54, 1.807) is 37.3 Å². The maximum absolute atomic E-state index is 13.1. The second-order valence-electron chi connectivity index (χ2n) is 7.64. The zero-order valence-electron chi connectivity index (χ0n) is 17.6. The van der Waals surface area contributed by atoms with Crippen LogP contribution in [0.15, 0.2) is 54.6 Å². The van der Waals surface area contributed by atoms with Gasteiger partial charge in [0, 0.05) is 11.8 Å². The molecule has 0 bridgehead atoms. The van der Waals surface area contributed by atoms with E-state index in [1.165, 1.54) is 6.08 Å². The number of amides is 4. The SMILES string of the molecule is CCOC(=O)/C=C/c1ccc(NC(=O)CN2C(=O)NC3(CCc4ccccc43)C2=O)cc1. The lowest BCUT2D eigenvalue weighted by molar-refractivity contribution is -0.137. The topological polar surface area (TPSA) is 105 Å². The summed E-state index contributed by atoms with van der Waals surface area (Å²) in [6.07, 6.45) is 4.11. The van der Waals surface area contributed by atoms with Gasteiger partial charge in [-0.05, 0) is 54.7 Å². The number of esters is 1. The van der Waals surface area contributed by atoms with Crippen molar-refractivity contribution in [2.24, 2.45) is 0 Å². The molecule has 2 aromatic carbocycles. The average molecular weight is 433 g/mol. The van der Waals surface area contributed by atoms with E-state index in [4.69, 9.17) is 4.74 Å². The van der Waals surface area contributed by atoms with E-state index in [-0.39, 0.29) is 6.54 Å². The number of anilines is 1. The van der Waals surface area contributed by atoms with Crippen molar-refractivity contribution in [3.8, 4) is 0 Å². The van der Waals surface area contributed by atoms with Crippen molar-refractivity contribution in [3.63, 3.8) is 0 Å². The zero-order valence-corrected chi connectivity index (χ0v) is 17.6. The van der Waals surface area contributed by atoms with Gasteiger partial charge in [-0.15, -0.1) is 0 Å². The average Bonchev–Trinajstić information content (AvgIpc) is 3.27. The molecule has 4 rings (SSSR count). The lowest BCUT2D eigenvalue weighted by Crippen LogP contribution is -2.42. The van der Waals surface area contributed by atoms with Gasteiger partial charge in [-0.1, -0.05) is 36.4 Å². The van der Waals surface area contributed by atoms with E-state index < -0.39 is 29.4 Å². The van der Waals surface area contributed by atoms with Gasteiger partial charge in [0.1, 0.15) is 12.1 Å². The summed E-state index contributed by atoms with van der Waals surface area (Å²) >= 11 is 0. The van der Waals surface area contributed by atoms with E-state index in [1.807, 2.05) is 24.3 Å². The smallest absolute Gasteiger partial charge is 0.330 e. The van der Waals surface area contributed by atoms with E-state index in [2.05, 4.69) is 10.6 Å². The van der Waals surface area contributed by atoms with Crippen molar-refractivity contribution < 1.29 is 23.9 Å². The van der Waals surface area contributed by atoms with E-state index in [0.717, 1.165) is 21.6 Å². The predicted octanol–water partition coefficient (Wildman–Crippen LogP) is 2.59. The highest BCUT2D eigenvalue weighted by atomic mass is 16.5. The number of hydrogen-bond donors (Lipinski definition) is 2. The summed E-state index contributed by atoms with van der Waals surface area (Å²) in [5, 5.41) is 5.50. The van der Waals surface area contributed by atoms with Gasteiger partial charge in [-0.2, -0.15) is 0 Å². The third-order valence-corrected chi connectivity index (χ3v) is 5.62. The quantitative estimate of drug-likeness (QED) is 0.414. The highest BCUT2D eigenvalue weighted by Crippen LogP contribution is 2.41. The van der Waals surface area contributed by atoms with Gasteiger partial charge >= 0.3 is 12.0 Å². The molecule has 164 valence electrons. The van der Waals surface area contributed by atoms with Crippen LogP contribution in [0.3, 0.4) is 0 Å². The van der Waals surface area contributed by atoms with Crippen LogP contribution >= 0.6 is 0 Å². The van der Waals surface area contributed by atoms with Crippen molar-refractivity contribution in [1.29, 1.82) is 0 Å². The molecule has 0 saturated carbocycles. The molecule has 2 N–H and O–H groups in total. The summed E-state index contributed by atoms with van der Waals surface area (Å²) in [4.78, 5) is 50.5. The lowest BCUT2D eigenvalue weighted by Gasteiger charge is -2.22. The zero-order chi connectivity index (χ0) is 22.7. The minimum atomic E-state index is -1.08. The molecule has 1 aliphatic carbocycles. The van der Waals surface area contributed by atoms with Crippen LogP contribution < -0.4 is 10.6 Å². The number of nitrogens with zero attached hydrogens (tertiary/aromatic N) is 1.